The second-order valence-electron chi connectivity index (χ2n) is 3.60. The zero-order chi connectivity index (χ0) is 12.2. The summed E-state index contributed by atoms with van der Waals surface area (Å²) in [6.45, 7) is 3.87. The van der Waals surface area contributed by atoms with Gasteiger partial charge in [-0.25, -0.2) is 13.1 Å². The Balaban J connectivity index is 3.13. The lowest BCUT2D eigenvalue weighted by Gasteiger charge is -2.11. The topological polar surface area (TPSA) is 66.4 Å². The maximum Gasteiger partial charge on any atom is 0.240 e. The Morgan fingerprint density at radius 1 is 1.38 bits per heavy atom. The highest BCUT2D eigenvalue weighted by atomic mass is 32.2. The molecule has 4 nitrogen and oxygen atoms in total. The standard InChI is InChI=1S/C11H17NO3S/c1-3-7-12-16(14,15)11-6-4-5-10(8-13)9(11)2/h4-6,12-13H,3,7-8H2,1-2H3. The Kier molecular flexibility index (Phi) is 4.46. The molecule has 0 fully saturated rings. The first kappa shape index (κ1) is 13.2. The van der Waals surface area contributed by atoms with E-state index in [2.05, 4.69) is 4.72 Å². The first-order chi connectivity index (χ1) is 7.53. The Morgan fingerprint density at radius 2 is 2.06 bits per heavy atom. The van der Waals surface area contributed by atoms with Crippen LogP contribution in [-0.4, -0.2) is 20.1 Å². The number of sulfonamides is 1. The average Bonchev–Trinajstić information content (AvgIpc) is 2.26. The van der Waals surface area contributed by atoms with Crippen LogP contribution in [0.25, 0.3) is 0 Å². The minimum Gasteiger partial charge on any atom is -0.392 e. The molecule has 0 aliphatic carbocycles. The van der Waals surface area contributed by atoms with Gasteiger partial charge < -0.3 is 5.11 Å². The number of hydrogen-bond acceptors (Lipinski definition) is 3. The fourth-order valence-electron chi connectivity index (χ4n) is 1.44. The third-order valence-electron chi connectivity index (χ3n) is 2.40. The minimum atomic E-state index is -3.45. The van der Waals surface area contributed by atoms with E-state index in [1.807, 2.05) is 6.92 Å². The Labute approximate surface area is 96.4 Å². The summed E-state index contributed by atoms with van der Waals surface area (Å²) in [4.78, 5) is 0.243. The molecule has 0 bridgehead atoms. The molecule has 0 aromatic heterocycles. The quantitative estimate of drug-likeness (QED) is 0.816. The summed E-state index contributed by atoms with van der Waals surface area (Å²) in [5.41, 5.74) is 1.24. The largest absolute Gasteiger partial charge is 0.392 e. The van der Waals surface area contributed by atoms with Gasteiger partial charge in [-0.2, -0.15) is 0 Å². The van der Waals surface area contributed by atoms with E-state index in [9.17, 15) is 8.42 Å². The summed E-state index contributed by atoms with van der Waals surface area (Å²) in [7, 11) is -3.45. The molecule has 0 radical (unpaired) electrons. The predicted octanol–water partition coefficient (Wildman–Crippen LogP) is 1.18. The van der Waals surface area contributed by atoms with Gasteiger partial charge in [-0.15, -0.1) is 0 Å². The van der Waals surface area contributed by atoms with Gasteiger partial charge in [0, 0.05) is 6.54 Å². The molecule has 0 unspecified atom stereocenters. The molecule has 90 valence electrons. The van der Waals surface area contributed by atoms with E-state index in [0.29, 0.717) is 17.7 Å². The smallest absolute Gasteiger partial charge is 0.240 e. The molecule has 1 rings (SSSR count). The molecule has 0 aliphatic heterocycles. The number of aliphatic hydroxyl groups is 1. The summed E-state index contributed by atoms with van der Waals surface area (Å²) < 4.78 is 26.3. The number of rotatable bonds is 5. The molecule has 1 aromatic carbocycles. The number of hydrogen-bond donors (Lipinski definition) is 2. The predicted molar refractivity (Wildman–Crippen MR) is 62.6 cm³/mol. The molecule has 16 heavy (non-hydrogen) atoms. The molecule has 0 amide bonds. The minimum absolute atomic E-state index is 0.150. The van der Waals surface area contributed by atoms with Crippen molar-refractivity contribution in [3.05, 3.63) is 29.3 Å². The fraction of sp³-hybridized carbons (Fsp3) is 0.455. The SMILES string of the molecule is CCCNS(=O)(=O)c1cccc(CO)c1C. The van der Waals surface area contributed by atoms with Gasteiger partial charge in [0.1, 0.15) is 0 Å². The van der Waals surface area contributed by atoms with E-state index in [-0.39, 0.29) is 11.5 Å². The summed E-state index contributed by atoms with van der Waals surface area (Å²) in [5.74, 6) is 0. The van der Waals surface area contributed by atoms with Crippen LogP contribution in [0.2, 0.25) is 0 Å². The molecule has 0 saturated carbocycles. The van der Waals surface area contributed by atoms with Gasteiger partial charge in [0.15, 0.2) is 0 Å². The monoisotopic (exact) mass is 243 g/mol. The van der Waals surface area contributed by atoms with Gasteiger partial charge in [-0.1, -0.05) is 19.1 Å². The highest BCUT2D eigenvalue weighted by Gasteiger charge is 2.16. The molecule has 0 spiro atoms. The van der Waals surface area contributed by atoms with E-state index >= 15 is 0 Å². The molecular weight excluding hydrogens is 226 g/mol. The molecule has 2 N–H and O–H groups in total. The highest BCUT2D eigenvalue weighted by Crippen LogP contribution is 2.18. The van der Waals surface area contributed by atoms with Crippen LogP contribution in [0.3, 0.4) is 0 Å². The lowest BCUT2D eigenvalue weighted by molar-refractivity contribution is 0.280. The lowest BCUT2D eigenvalue weighted by atomic mass is 10.1. The lowest BCUT2D eigenvalue weighted by Crippen LogP contribution is -2.25. The van der Waals surface area contributed by atoms with Gasteiger partial charge in [-0.3, -0.25) is 0 Å². The van der Waals surface area contributed by atoms with Crippen molar-refractivity contribution in [3.63, 3.8) is 0 Å². The van der Waals surface area contributed by atoms with Crippen molar-refractivity contribution in [2.45, 2.75) is 31.8 Å². The first-order valence-corrected chi connectivity index (χ1v) is 6.70. The van der Waals surface area contributed by atoms with Crippen LogP contribution >= 0.6 is 0 Å². The fourth-order valence-corrected chi connectivity index (χ4v) is 2.86. The molecular formula is C11H17NO3S. The van der Waals surface area contributed by atoms with E-state index in [4.69, 9.17) is 5.11 Å². The van der Waals surface area contributed by atoms with Crippen LogP contribution in [-0.2, 0) is 16.6 Å². The van der Waals surface area contributed by atoms with Gasteiger partial charge in [0.2, 0.25) is 10.0 Å². The van der Waals surface area contributed by atoms with Gasteiger partial charge >= 0.3 is 0 Å². The van der Waals surface area contributed by atoms with Crippen LogP contribution in [0.5, 0.6) is 0 Å². The number of benzene rings is 1. The van der Waals surface area contributed by atoms with Crippen molar-refractivity contribution in [3.8, 4) is 0 Å². The van der Waals surface area contributed by atoms with E-state index in [1.165, 1.54) is 0 Å². The van der Waals surface area contributed by atoms with E-state index in [1.54, 1.807) is 25.1 Å². The van der Waals surface area contributed by atoms with Crippen LogP contribution in [0.1, 0.15) is 24.5 Å². The summed E-state index contributed by atoms with van der Waals surface area (Å²) in [6.07, 6.45) is 0.748. The van der Waals surface area contributed by atoms with E-state index in [0.717, 1.165) is 6.42 Å². The number of nitrogens with one attached hydrogen (secondary N) is 1. The van der Waals surface area contributed by atoms with Crippen molar-refractivity contribution in [2.24, 2.45) is 0 Å². The number of aliphatic hydroxyl groups excluding tert-OH is 1. The van der Waals surface area contributed by atoms with Crippen LogP contribution in [0, 0.1) is 6.92 Å². The maximum atomic E-state index is 11.9. The molecule has 1 aromatic rings. The third kappa shape index (κ3) is 2.81. The third-order valence-corrected chi connectivity index (χ3v) is 4.00. The van der Waals surface area contributed by atoms with Crippen molar-refractivity contribution < 1.29 is 13.5 Å². The maximum absolute atomic E-state index is 11.9. The second-order valence-corrected chi connectivity index (χ2v) is 5.33. The van der Waals surface area contributed by atoms with Gasteiger partial charge in [0.05, 0.1) is 11.5 Å². The Morgan fingerprint density at radius 3 is 2.62 bits per heavy atom. The normalized spacial score (nSPS) is 11.7. The summed E-state index contributed by atoms with van der Waals surface area (Å²) in [6, 6.07) is 4.90. The van der Waals surface area contributed by atoms with Crippen molar-refractivity contribution in [1.82, 2.24) is 4.72 Å². The molecule has 0 saturated heterocycles. The zero-order valence-electron chi connectivity index (χ0n) is 9.53. The van der Waals surface area contributed by atoms with Crippen LogP contribution < -0.4 is 4.72 Å². The van der Waals surface area contributed by atoms with Crippen LogP contribution in [0.4, 0.5) is 0 Å². The first-order valence-electron chi connectivity index (χ1n) is 5.22. The molecule has 5 heteroatoms. The molecule has 0 aliphatic rings. The van der Waals surface area contributed by atoms with Crippen molar-refractivity contribution in [1.29, 1.82) is 0 Å². The Hall–Kier alpha value is -0.910. The van der Waals surface area contributed by atoms with E-state index < -0.39 is 10.0 Å². The highest BCUT2D eigenvalue weighted by molar-refractivity contribution is 7.89. The Bertz CT molecular complexity index is 454. The second kappa shape index (κ2) is 5.43. The summed E-state index contributed by atoms with van der Waals surface area (Å²) >= 11 is 0. The van der Waals surface area contributed by atoms with Crippen molar-refractivity contribution >= 4 is 10.0 Å². The van der Waals surface area contributed by atoms with Gasteiger partial charge in [0.25, 0.3) is 0 Å². The van der Waals surface area contributed by atoms with Crippen LogP contribution in [0.15, 0.2) is 23.1 Å². The summed E-state index contributed by atoms with van der Waals surface area (Å²) in [5, 5.41) is 9.07. The van der Waals surface area contributed by atoms with Crippen molar-refractivity contribution in [2.75, 3.05) is 6.54 Å². The average molecular weight is 243 g/mol. The zero-order valence-corrected chi connectivity index (χ0v) is 10.3. The van der Waals surface area contributed by atoms with Gasteiger partial charge in [-0.05, 0) is 30.5 Å². The molecule has 0 atom stereocenters. The molecule has 0 heterocycles.